The summed E-state index contributed by atoms with van der Waals surface area (Å²) >= 11 is 1.12. The van der Waals surface area contributed by atoms with Gasteiger partial charge in [0.05, 0.1) is 6.04 Å². The fourth-order valence-electron chi connectivity index (χ4n) is 7.53. The number of thiazole rings is 1. The molecule has 0 saturated carbocycles. The van der Waals surface area contributed by atoms with E-state index in [2.05, 4.69) is 15.6 Å². The largest absolute Gasteiger partial charge is 0.508 e. The van der Waals surface area contributed by atoms with Gasteiger partial charge in [-0.05, 0) is 75.2 Å². The monoisotopic (exact) mass is 827 g/mol. The highest BCUT2D eigenvalue weighted by molar-refractivity contribution is 7.09. The molecule has 3 amide bonds. The number of likely N-dealkylation sites (tertiary alicyclic amines) is 1. The first-order valence-corrected chi connectivity index (χ1v) is 21.9. The molecule has 2 heterocycles. The van der Waals surface area contributed by atoms with Crippen molar-refractivity contribution in [1.29, 1.82) is 0 Å². The number of hydrogen-bond acceptors (Lipinski definition) is 11. The summed E-state index contributed by atoms with van der Waals surface area (Å²) in [6, 6.07) is 4.43. The summed E-state index contributed by atoms with van der Waals surface area (Å²) in [6.07, 6.45) is 3.67. The van der Waals surface area contributed by atoms with Crippen LogP contribution in [-0.4, -0.2) is 99.0 Å². The summed E-state index contributed by atoms with van der Waals surface area (Å²) in [5.41, 5.74) is 0.440. The highest BCUT2D eigenvalue weighted by Gasteiger charge is 2.39. The highest BCUT2D eigenvalue weighted by Crippen LogP contribution is 2.30. The van der Waals surface area contributed by atoms with Crippen molar-refractivity contribution in [2.45, 2.75) is 150 Å². The standard InChI is InChI=1S/C44H69N5O8S/c1-11-15-37(52)57-26-49(43(56)38(28(5)12-2)47-41(55)34-16-13-14-21-48(34)10)35(27(3)4)24-36(51)42-46-33(25-58-42)40(54)45-31(22-29(6)39(53)44(7,8)9)23-30-17-19-32(50)20-18-30/h17-20,25,27-29,31,34-36,38,50-51H,11-16,21-24,26H2,1-10H3,(H,45,54)(H,47,55)/t28?,29-,31+,34+,35+,36+,38-/m0/s1. The summed E-state index contributed by atoms with van der Waals surface area (Å²) < 4.78 is 5.63. The number of ether oxygens (including phenoxy) is 1. The van der Waals surface area contributed by atoms with Crippen molar-refractivity contribution in [2.24, 2.45) is 23.2 Å². The number of piperidine rings is 1. The van der Waals surface area contributed by atoms with Crippen LogP contribution < -0.4 is 10.6 Å². The molecule has 1 fully saturated rings. The van der Waals surface area contributed by atoms with Crippen LogP contribution in [0.5, 0.6) is 5.75 Å². The number of aromatic nitrogens is 1. The maximum absolute atomic E-state index is 14.6. The molecule has 1 saturated heterocycles. The minimum atomic E-state index is -1.18. The number of aliphatic hydroxyl groups is 1. The molecule has 0 aliphatic carbocycles. The molecular formula is C44H69N5O8S. The third-order valence-electron chi connectivity index (χ3n) is 11.2. The summed E-state index contributed by atoms with van der Waals surface area (Å²) in [4.78, 5) is 75.7. The minimum Gasteiger partial charge on any atom is -0.508 e. The minimum absolute atomic E-state index is 0.0335. The summed E-state index contributed by atoms with van der Waals surface area (Å²) in [6.45, 7) is 17.5. The van der Waals surface area contributed by atoms with Crippen LogP contribution in [0.3, 0.4) is 0 Å². The van der Waals surface area contributed by atoms with Gasteiger partial charge in [0.25, 0.3) is 5.91 Å². The molecule has 3 rings (SSSR count). The molecule has 0 radical (unpaired) electrons. The average molecular weight is 828 g/mol. The number of amides is 3. The molecule has 1 aliphatic heterocycles. The number of likely N-dealkylation sites (N-methyl/N-ethyl adjacent to an activating group) is 1. The lowest BCUT2D eigenvalue weighted by Gasteiger charge is -2.39. The van der Waals surface area contributed by atoms with E-state index in [-0.39, 0.29) is 71.5 Å². The highest BCUT2D eigenvalue weighted by atomic mass is 32.1. The van der Waals surface area contributed by atoms with Gasteiger partial charge in [0.1, 0.15) is 34.4 Å². The molecule has 14 heteroatoms. The molecule has 1 aromatic carbocycles. The van der Waals surface area contributed by atoms with E-state index in [0.29, 0.717) is 32.1 Å². The lowest BCUT2D eigenvalue weighted by atomic mass is 9.80. The van der Waals surface area contributed by atoms with Crippen LogP contribution in [0.4, 0.5) is 0 Å². The Morgan fingerprint density at radius 3 is 2.28 bits per heavy atom. The Kier molecular flexibility index (Phi) is 18.8. The molecule has 4 N–H and O–H groups in total. The van der Waals surface area contributed by atoms with E-state index in [4.69, 9.17) is 4.74 Å². The molecule has 0 bridgehead atoms. The number of nitrogens with one attached hydrogen (secondary N) is 2. The van der Waals surface area contributed by atoms with E-state index in [1.54, 1.807) is 29.6 Å². The summed E-state index contributed by atoms with van der Waals surface area (Å²) in [5.74, 6) is -2.07. The Labute approximate surface area is 349 Å². The second-order valence-corrected chi connectivity index (χ2v) is 18.4. The Balaban J connectivity index is 1.86. The van der Waals surface area contributed by atoms with Gasteiger partial charge in [-0.25, -0.2) is 4.98 Å². The number of aromatic hydroxyl groups is 1. The van der Waals surface area contributed by atoms with Crippen molar-refractivity contribution in [3.63, 3.8) is 0 Å². The second kappa shape index (κ2) is 22.5. The molecule has 1 aliphatic rings. The Morgan fingerprint density at radius 1 is 1.02 bits per heavy atom. The normalized spacial score (nSPS) is 18.0. The number of phenolic OH excluding ortho intramolecular Hbond substituents is 1. The Bertz CT molecular complexity index is 1660. The van der Waals surface area contributed by atoms with Crippen molar-refractivity contribution < 1.29 is 38.9 Å². The predicted molar refractivity (Wildman–Crippen MR) is 226 cm³/mol. The zero-order chi connectivity index (χ0) is 43.3. The van der Waals surface area contributed by atoms with E-state index in [0.717, 1.165) is 36.3 Å². The first kappa shape index (κ1) is 48.5. The molecule has 324 valence electrons. The van der Waals surface area contributed by atoms with Crippen molar-refractivity contribution in [2.75, 3.05) is 20.3 Å². The number of phenols is 1. The van der Waals surface area contributed by atoms with Gasteiger partial charge >= 0.3 is 5.97 Å². The van der Waals surface area contributed by atoms with E-state index < -0.39 is 47.4 Å². The van der Waals surface area contributed by atoms with Crippen LogP contribution in [0, 0.1) is 23.2 Å². The predicted octanol–water partition coefficient (Wildman–Crippen LogP) is 6.42. The number of benzene rings is 1. The number of esters is 1. The van der Waals surface area contributed by atoms with Gasteiger partial charge in [0.15, 0.2) is 6.73 Å². The number of carbonyl (C=O) groups excluding carboxylic acids is 5. The SMILES string of the molecule is CCCC(=O)OCN(C(=O)[C@@H](NC(=O)[C@H]1CCCCN1C)C(C)CC)[C@H](C[C@@H](O)c1nc(C(=O)N[C@@H](Cc2ccc(O)cc2)C[C@H](C)C(=O)C(C)(C)C)cs1)C(C)C. The number of Topliss-reactive ketones (excluding diaryl/α,β-unsaturated/α-hetero) is 1. The molecule has 0 spiro atoms. The fraction of sp³-hybridized carbons (Fsp3) is 0.682. The van der Waals surface area contributed by atoms with Gasteiger partial charge in [0.2, 0.25) is 11.8 Å². The van der Waals surface area contributed by atoms with Crippen LogP contribution in [0.25, 0.3) is 0 Å². The van der Waals surface area contributed by atoms with Crippen molar-refractivity contribution >= 4 is 40.8 Å². The number of ketones is 1. The molecule has 1 aromatic heterocycles. The topological polar surface area (TPSA) is 178 Å². The van der Waals surface area contributed by atoms with Crippen LogP contribution in [0.15, 0.2) is 29.6 Å². The Hall–Kier alpha value is -3.88. The fourth-order valence-corrected chi connectivity index (χ4v) is 8.33. The zero-order valence-corrected chi connectivity index (χ0v) is 37.2. The van der Waals surface area contributed by atoms with Gasteiger partial charge in [-0.15, -0.1) is 11.3 Å². The molecule has 13 nitrogen and oxygen atoms in total. The molecular weight excluding hydrogens is 759 g/mol. The molecule has 58 heavy (non-hydrogen) atoms. The van der Waals surface area contributed by atoms with Crippen molar-refractivity contribution in [1.82, 2.24) is 25.4 Å². The van der Waals surface area contributed by atoms with Gasteiger partial charge in [-0.3, -0.25) is 28.9 Å². The number of nitrogens with zero attached hydrogens (tertiary/aromatic N) is 3. The van der Waals surface area contributed by atoms with E-state index in [9.17, 15) is 34.2 Å². The van der Waals surface area contributed by atoms with Crippen LogP contribution in [0.2, 0.25) is 0 Å². The lowest BCUT2D eigenvalue weighted by molar-refractivity contribution is -0.159. The zero-order valence-electron chi connectivity index (χ0n) is 36.4. The molecule has 1 unspecified atom stereocenters. The van der Waals surface area contributed by atoms with Gasteiger partial charge in [0, 0.05) is 41.6 Å². The average Bonchev–Trinajstić information content (AvgIpc) is 3.67. The van der Waals surface area contributed by atoms with Gasteiger partial charge in [-0.2, -0.15) is 0 Å². The third-order valence-corrected chi connectivity index (χ3v) is 12.2. The van der Waals surface area contributed by atoms with Gasteiger partial charge in [-0.1, -0.05) is 87.3 Å². The number of hydrogen-bond donors (Lipinski definition) is 4. The maximum atomic E-state index is 14.6. The Morgan fingerprint density at radius 2 is 1.69 bits per heavy atom. The van der Waals surface area contributed by atoms with Crippen LogP contribution in [-0.2, 0) is 30.3 Å². The number of aliphatic hydroxyl groups excluding tert-OH is 1. The van der Waals surface area contributed by atoms with Crippen molar-refractivity contribution in [3.05, 3.63) is 45.9 Å². The summed E-state index contributed by atoms with van der Waals surface area (Å²) in [7, 11) is 1.92. The third kappa shape index (κ3) is 14.1. The number of carbonyl (C=O) groups is 5. The van der Waals surface area contributed by atoms with Gasteiger partial charge < -0.3 is 30.5 Å². The molecule has 7 atom stereocenters. The maximum Gasteiger partial charge on any atom is 0.307 e. The van der Waals surface area contributed by atoms with Crippen LogP contribution >= 0.6 is 11.3 Å². The summed E-state index contributed by atoms with van der Waals surface area (Å²) in [5, 5.41) is 29.4. The molecule has 2 aromatic rings. The van der Waals surface area contributed by atoms with Crippen molar-refractivity contribution in [3.8, 4) is 5.75 Å². The lowest BCUT2D eigenvalue weighted by Crippen LogP contribution is -2.59. The van der Waals surface area contributed by atoms with E-state index in [1.165, 1.54) is 4.90 Å². The number of rotatable bonds is 21. The first-order chi connectivity index (χ1) is 27.3. The smallest absolute Gasteiger partial charge is 0.307 e. The van der Waals surface area contributed by atoms with E-state index in [1.807, 2.05) is 74.3 Å². The van der Waals surface area contributed by atoms with Crippen LogP contribution in [0.1, 0.15) is 141 Å². The second-order valence-electron chi connectivity index (χ2n) is 17.5. The first-order valence-electron chi connectivity index (χ1n) is 21.0. The van der Waals surface area contributed by atoms with E-state index >= 15 is 0 Å². The quantitative estimate of drug-likeness (QED) is 0.0811.